The van der Waals surface area contributed by atoms with E-state index in [1.54, 1.807) is 20.8 Å². The molecule has 0 aromatic heterocycles. The summed E-state index contributed by atoms with van der Waals surface area (Å²) in [5.74, 6) is 1.97. The van der Waals surface area contributed by atoms with Crippen LogP contribution in [-0.2, 0) is 33.4 Å². The van der Waals surface area contributed by atoms with Crippen LogP contribution in [0, 0.1) is 63.6 Å². The van der Waals surface area contributed by atoms with Crippen LogP contribution in [0.5, 0.6) is 0 Å². The lowest BCUT2D eigenvalue weighted by Crippen LogP contribution is -2.42. The summed E-state index contributed by atoms with van der Waals surface area (Å²) in [6, 6.07) is 0. The first kappa shape index (κ1) is 39.7. The number of carbonyl (C=O) groups excluding carboxylic acids is 3. The van der Waals surface area contributed by atoms with Crippen LogP contribution in [-0.4, -0.2) is 48.3 Å². The lowest BCUT2D eigenvalue weighted by atomic mass is 9.69. The van der Waals surface area contributed by atoms with E-state index in [2.05, 4.69) is 13.8 Å². The van der Waals surface area contributed by atoms with E-state index in [4.69, 9.17) is 14.2 Å². The molecule has 0 radical (unpaired) electrons. The third-order valence-corrected chi connectivity index (χ3v) is 13.9. The predicted octanol–water partition coefficient (Wildman–Crippen LogP) is 9.02. The Hall–Kier alpha value is -2.12. The molecule has 4 saturated carbocycles. The zero-order valence-electron chi connectivity index (χ0n) is 32.0. The van der Waals surface area contributed by atoms with E-state index in [-0.39, 0.29) is 43.9 Å². The number of ether oxygens (including phenoxy) is 3. The molecule has 0 aliphatic heterocycles. The van der Waals surface area contributed by atoms with Crippen molar-refractivity contribution in [2.45, 2.75) is 158 Å². The minimum atomic E-state index is -1.06. The first-order chi connectivity index (χ1) is 23.1. The summed E-state index contributed by atoms with van der Waals surface area (Å²) < 4.78 is 18.0. The zero-order valence-corrected chi connectivity index (χ0v) is 32.0. The van der Waals surface area contributed by atoms with Gasteiger partial charge in [0.25, 0.3) is 0 Å². The van der Waals surface area contributed by atoms with E-state index in [1.807, 2.05) is 20.8 Å². The number of carboxylic acid groups (broad SMARTS) is 1. The van der Waals surface area contributed by atoms with Gasteiger partial charge >= 0.3 is 23.9 Å². The summed E-state index contributed by atoms with van der Waals surface area (Å²) in [5.41, 5.74) is -2.89. The summed E-state index contributed by atoms with van der Waals surface area (Å²) >= 11 is 0. The number of carboxylic acids is 1. The number of rotatable bonds is 21. The SMILES string of the molecule is CCCCC(CC)COC(=O)C(C)(CC)CCC(C)(CC(CCC(C)(C)C(=O)O)C(=O)OCC)C(=O)OC1CC2CC1C1C3CCC(C3)C21. The molecule has 0 heterocycles. The Bertz CT molecular complexity index is 1160. The summed E-state index contributed by atoms with van der Waals surface area (Å²) in [6.07, 6.45) is 12.3. The van der Waals surface area contributed by atoms with Crippen molar-refractivity contribution in [3.63, 3.8) is 0 Å². The van der Waals surface area contributed by atoms with E-state index in [1.165, 1.54) is 19.3 Å². The number of aliphatic carboxylic acids is 1. The Morgan fingerprint density at radius 1 is 0.776 bits per heavy atom. The molecular formula is C41H68O8. The van der Waals surface area contributed by atoms with Crippen LogP contribution in [0.3, 0.4) is 0 Å². The van der Waals surface area contributed by atoms with Crippen molar-refractivity contribution in [1.29, 1.82) is 0 Å². The number of esters is 3. The minimum absolute atomic E-state index is 0.0963. The third kappa shape index (κ3) is 8.86. The van der Waals surface area contributed by atoms with Gasteiger partial charge in [0.05, 0.1) is 35.4 Å². The van der Waals surface area contributed by atoms with Crippen LogP contribution in [0.4, 0.5) is 0 Å². The number of fused-ring (bicyclic) bond motifs is 9. The summed E-state index contributed by atoms with van der Waals surface area (Å²) in [7, 11) is 0. The number of unbranched alkanes of at least 4 members (excludes halogenated alkanes) is 1. The maximum absolute atomic E-state index is 14.5. The van der Waals surface area contributed by atoms with Gasteiger partial charge < -0.3 is 19.3 Å². The molecule has 0 spiro atoms. The Kier molecular flexibility index (Phi) is 13.3. The second kappa shape index (κ2) is 16.5. The molecule has 0 aromatic rings. The molecule has 0 amide bonds. The van der Waals surface area contributed by atoms with Gasteiger partial charge in [-0.3, -0.25) is 19.2 Å². The largest absolute Gasteiger partial charge is 0.481 e. The van der Waals surface area contributed by atoms with E-state index < -0.39 is 34.1 Å². The third-order valence-electron chi connectivity index (χ3n) is 13.9. The van der Waals surface area contributed by atoms with Crippen molar-refractivity contribution in [3.8, 4) is 0 Å². The molecule has 4 rings (SSSR count). The van der Waals surface area contributed by atoms with E-state index in [0.717, 1.165) is 56.3 Å². The second-order valence-electron chi connectivity index (χ2n) is 17.7. The van der Waals surface area contributed by atoms with Crippen LogP contribution in [0.1, 0.15) is 152 Å². The molecule has 1 N–H and O–H groups in total. The first-order valence-corrected chi connectivity index (χ1v) is 19.9. The van der Waals surface area contributed by atoms with Crippen molar-refractivity contribution in [3.05, 3.63) is 0 Å². The minimum Gasteiger partial charge on any atom is -0.481 e. The van der Waals surface area contributed by atoms with Gasteiger partial charge in [-0.25, -0.2) is 0 Å². The molecule has 11 atom stereocenters. The fraction of sp³-hybridized carbons (Fsp3) is 0.902. The van der Waals surface area contributed by atoms with E-state index in [9.17, 15) is 24.3 Å². The van der Waals surface area contributed by atoms with Crippen LogP contribution < -0.4 is 0 Å². The smallest absolute Gasteiger partial charge is 0.312 e. The van der Waals surface area contributed by atoms with Crippen LogP contribution in [0.2, 0.25) is 0 Å². The molecular weight excluding hydrogens is 620 g/mol. The molecule has 4 bridgehead atoms. The Balaban J connectivity index is 1.53. The summed E-state index contributed by atoms with van der Waals surface area (Å²) in [4.78, 5) is 53.5. The van der Waals surface area contributed by atoms with Gasteiger partial charge in [0.2, 0.25) is 0 Å². The Morgan fingerprint density at radius 3 is 2.06 bits per heavy atom. The number of hydrogen-bond acceptors (Lipinski definition) is 7. The highest BCUT2D eigenvalue weighted by molar-refractivity contribution is 5.80. The van der Waals surface area contributed by atoms with Gasteiger partial charge in [0, 0.05) is 0 Å². The lowest BCUT2D eigenvalue weighted by molar-refractivity contribution is -0.171. The van der Waals surface area contributed by atoms with Gasteiger partial charge in [0.1, 0.15) is 6.10 Å². The van der Waals surface area contributed by atoms with Crippen molar-refractivity contribution >= 4 is 23.9 Å². The first-order valence-electron chi connectivity index (χ1n) is 19.9. The van der Waals surface area contributed by atoms with Crippen molar-refractivity contribution in [2.24, 2.45) is 63.6 Å². The summed E-state index contributed by atoms with van der Waals surface area (Å²) in [6.45, 7) is 15.8. The van der Waals surface area contributed by atoms with Gasteiger partial charge in [0.15, 0.2) is 0 Å². The summed E-state index contributed by atoms with van der Waals surface area (Å²) in [5, 5.41) is 9.79. The molecule has 4 fully saturated rings. The topological polar surface area (TPSA) is 116 Å². The number of hydrogen-bond donors (Lipinski definition) is 1. The second-order valence-corrected chi connectivity index (χ2v) is 17.7. The van der Waals surface area contributed by atoms with Gasteiger partial charge in [-0.1, -0.05) is 40.0 Å². The average molecular weight is 689 g/mol. The maximum atomic E-state index is 14.5. The fourth-order valence-corrected chi connectivity index (χ4v) is 10.2. The van der Waals surface area contributed by atoms with Crippen molar-refractivity contribution < 1.29 is 38.5 Å². The lowest BCUT2D eigenvalue weighted by Gasteiger charge is -2.40. The molecule has 280 valence electrons. The maximum Gasteiger partial charge on any atom is 0.312 e. The predicted molar refractivity (Wildman–Crippen MR) is 189 cm³/mol. The fourth-order valence-electron chi connectivity index (χ4n) is 10.2. The molecule has 0 aromatic carbocycles. The Morgan fingerprint density at radius 2 is 1.45 bits per heavy atom. The van der Waals surface area contributed by atoms with Crippen LogP contribution in [0.25, 0.3) is 0 Å². The monoisotopic (exact) mass is 688 g/mol. The molecule has 11 unspecified atom stereocenters. The van der Waals surface area contributed by atoms with Gasteiger partial charge in [-0.05, 0) is 153 Å². The van der Waals surface area contributed by atoms with E-state index >= 15 is 0 Å². The molecule has 4 aliphatic carbocycles. The van der Waals surface area contributed by atoms with Gasteiger partial charge in [-0.15, -0.1) is 0 Å². The van der Waals surface area contributed by atoms with Gasteiger partial charge in [-0.2, -0.15) is 0 Å². The molecule has 0 saturated heterocycles. The Labute approximate surface area is 296 Å². The average Bonchev–Trinajstić information content (AvgIpc) is 3.87. The molecule has 49 heavy (non-hydrogen) atoms. The normalized spacial score (nSPS) is 30.6. The molecule has 8 nitrogen and oxygen atoms in total. The molecule has 8 heteroatoms. The molecule has 4 aliphatic rings. The standard InChI is InChI=1S/C41H68O8/c1-9-13-14-26(10-2)25-48-37(45)40(7,11-3)19-20-41(8,24-29(35(42)47-12-4)17-18-39(5,6)36(43)44)38(46)49-32-23-30-22-31(32)34-28-16-15-27(21-28)33(30)34/h26-34H,9-25H2,1-8H3,(H,43,44). The van der Waals surface area contributed by atoms with Crippen LogP contribution in [0.15, 0.2) is 0 Å². The number of carbonyl (C=O) groups is 4. The van der Waals surface area contributed by atoms with E-state index in [0.29, 0.717) is 49.5 Å². The van der Waals surface area contributed by atoms with Crippen molar-refractivity contribution in [2.75, 3.05) is 13.2 Å². The highest BCUT2D eigenvalue weighted by Gasteiger charge is 2.63. The van der Waals surface area contributed by atoms with Crippen LogP contribution >= 0.6 is 0 Å². The zero-order chi connectivity index (χ0) is 36.1. The quantitative estimate of drug-likeness (QED) is 0.0722. The van der Waals surface area contributed by atoms with Crippen molar-refractivity contribution in [1.82, 2.24) is 0 Å². The highest BCUT2D eigenvalue weighted by atomic mass is 16.5. The highest BCUT2D eigenvalue weighted by Crippen LogP contribution is 2.68.